The van der Waals surface area contributed by atoms with Crippen molar-refractivity contribution < 1.29 is 14.3 Å². The van der Waals surface area contributed by atoms with Gasteiger partial charge in [-0.3, -0.25) is 10.1 Å². The summed E-state index contributed by atoms with van der Waals surface area (Å²) in [7, 11) is 1.47. The molecule has 0 bridgehead atoms. The Bertz CT molecular complexity index is 312. The van der Waals surface area contributed by atoms with Gasteiger partial charge in [-0.2, -0.15) is 0 Å². The second-order valence-electron chi connectivity index (χ2n) is 6.15. The van der Waals surface area contributed by atoms with Gasteiger partial charge in [0, 0.05) is 25.7 Å². The molecule has 1 heterocycles. The molecular weight excluding hydrogens is 256 g/mol. The van der Waals surface area contributed by atoms with Crippen LogP contribution in [0.15, 0.2) is 0 Å². The number of hydrogen-bond donors (Lipinski definition) is 1. The predicted octanol–water partition coefficient (Wildman–Crippen LogP) is 1.17. The lowest BCUT2D eigenvalue weighted by atomic mass is 9.95. The van der Waals surface area contributed by atoms with Crippen molar-refractivity contribution in [3.05, 3.63) is 0 Å². The monoisotopic (exact) mass is 284 g/mol. The number of rotatable bonds is 7. The zero-order valence-corrected chi connectivity index (χ0v) is 12.8. The Balaban J connectivity index is 1.76. The van der Waals surface area contributed by atoms with Crippen LogP contribution >= 0.6 is 0 Å². The van der Waals surface area contributed by atoms with Gasteiger partial charge in [-0.1, -0.05) is 0 Å². The van der Waals surface area contributed by atoms with Gasteiger partial charge in [0.05, 0.1) is 13.7 Å². The van der Waals surface area contributed by atoms with Gasteiger partial charge in [-0.25, -0.2) is 0 Å². The maximum absolute atomic E-state index is 12.0. The zero-order chi connectivity index (χ0) is 14.4. The van der Waals surface area contributed by atoms with E-state index in [1.165, 1.54) is 20.0 Å². The van der Waals surface area contributed by atoms with Crippen molar-refractivity contribution in [3.63, 3.8) is 0 Å². The van der Waals surface area contributed by atoms with Crippen LogP contribution in [0.25, 0.3) is 0 Å². The van der Waals surface area contributed by atoms with Crippen molar-refractivity contribution in [2.45, 2.75) is 50.6 Å². The quantitative estimate of drug-likeness (QED) is 0.711. The van der Waals surface area contributed by atoms with Crippen molar-refractivity contribution in [2.24, 2.45) is 0 Å². The van der Waals surface area contributed by atoms with Gasteiger partial charge in [0.15, 0.2) is 0 Å². The Labute approximate surface area is 122 Å². The number of nitrogens with one attached hydrogen (secondary N) is 1. The van der Waals surface area contributed by atoms with Crippen molar-refractivity contribution in [1.29, 1.82) is 0 Å². The first-order valence-electron chi connectivity index (χ1n) is 7.80. The molecule has 2 rings (SSSR count). The number of methoxy groups -OCH3 is 1. The fraction of sp³-hybridized carbons (Fsp3) is 0.933. The van der Waals surface area contributed by atoms with E-state index < -0.39 is 5.54 Å². The summed E-state index contributed by atoms with van der Waals surface area (Å²) in [6.45, 7) is 6.81. The van der Waals surface area contributed by atoms with Crippen LogP contribution < -0.4 is 5.32 Å². The average molecular weight is 284 g/mol. The molecular formula is C15H28N2O3. The largest absolute Gasteiger partial charge is 0.468 e. The molecule has 2 fully saturated rings. The molecule has 1 aliphatic heterocycles. The van der Waals surface area contributed by atoms with Gasteiger partial charge in [0.2, 0.25) is 0 Å². The van der Waals surface area contributed by atoms with Crippen molar-refractivity contribution in [3.8, 4) is 0 Å². The van der Waals surface area contributed by atoms with Crippen LogP contribution in [0.1, 0.15) is 39.0 Å². The van der Waals surface area contributed by atoms with E-state index in [4.69, 9.17) is 9.47 Å². The molecule has 1 unspecified atom stereocenters. The molecule has 5 heteroatoms. The fourth-order valence-electron chi connectivity index (χ4n) is 2.81. The van der Waals surface area contributed by atoms with Gasteiger partial charge in [0.25, 0.3) is 0 Å². The number of nitrogens with zero attached hydrogens (tertiary/aromatic N) is 1. The number of ether oxygens (including phenoxy) is 2. The first-order valence-corrected chi connectivity index (χ1v) is 7.80. The van der Waals surface area contributed by atoms with Gasteiger partial charge in [-0.15, -0.1) is 0 Å². The van der Waals surface area contributed by atoms with Gasteiger partial charge in [0.1, 0.15) is 5.54 Å². The lowest BCUT2D eigenvalue weighted by Crippen LogP contribution is -2.51. The molecule has 0 spiro atoms. The van der Waals surface area contributed by atoms with Crippen LogP contribution in [-0.2, 0) is 14.3 Å². The number of esters is 1. The van der Waals surface area contributed by atoms with Crippen LogP contribution in [0.5, 0.6) is 0 Å². The maximum Gasteiger partial charge on any atom is 0.325 e. The second kappa shape index (κ2) is 7.38. The molecule has 20 heavy (non-hydrogen) atoms. The third-order valence-electron chi connectivity index (χ3n) is 4.20. The van der Waals surface area contributed by atoms with E-state index in [2.05, 4.69) is 10.2 Å². The minimum absolute atomic E-state index is 0.136. The lowest BCUT2D eigenvalue weighted by Gasteiger charge is -2.29. The van der Waals surface area contributed by atoms with E-state index in [0.29, 0.717) is 6.04 Å². The third kappa shape index (κ3) is 4.72. The van der Waals surface area contributed by atoms with Crippen LogP contribution in [-0.4, -0.2) is 62.4 Å². The molecule has 0 radical (unpaired) electrons. The summed E-state index contributed by atoms with van der Waals surface area (Å²) in [5.41, 5.74) is -0.529. The topological polar surface area (TPSA) is 50.8 Å². The molecule has 0 aromatic rings. The van der Waals surface area contributed by atoms with Crippen molar-refractivity contribution in [1.82, 2.24) is 10.2 Å². The maximum atomic E-state index is 12.0. The number of hydrogen-bond acceptors (Lipinski definition) is 5. The highest BCUT2D eigenvalue weighted by Gasteiger charge is 2.38. The highest BCUT2D eigenvalue weighted by molar-refractivity contribution is 5.80. The van der Waals surface area contributed by atoms with Gasteiger partial charge >= 0.3 is 5.97 Å². The molecule has 1 aliphatic carbocycles. The minimum Gasteiger partial charge on any atom is -0.468 e. The Morgan fingerprint density at radius 1 is 1.40 bits per heavy atom. The summed E-state index contributed by atoms with van der Waals surface area (Å²) >= 11 is 0. The summed E-state index contributed by atoms with van der Waals surface area (Å²) < 4.78 is 10.4. The lowest BCUT2D eigenvalue weighted by molar-refractivity contribution is -0.148. The van der Waals surface area contributed by atoms with Crippen molar-refractivity contribution >= 4 is 5.97 Å². The van der Waals surface area contributed by atoms with E-state index in [1.807, 2.05) is 6.92 Å². The molecule has 0 aromatic carbocycles. The van der Waals surface area contributed by atoms with E-state index in [9.17, 15) is 4.79 Å². The van der Waals surface area contributed by atoms with E-state index in [0.717, 1.165) is 52.1 Å². The van der Waals surface area contributed by atoms with Crippen LogP contribution in [0.2, 0.25) is 0 Å². The summed E-state index contributed by atoms with van der Waals surface area (Å²) in [5.74, 6) is -0.136. The summed E-state index contributed by atoms with van der Waals surface area (Å²) in [6.07, 6.45) is 5.29. The SMILES string of the molecule is COC(=O)C(C)(CCCN1CCCOCC1)NC1CC1. The Kier molecular flexibility index (Phi) is 5.81. The minimum atomic E-state index is -0.529. The molecule has 1 atom stereocenters. The summed E-state index contributed by atoms with van der Waals surface area (Å²) in [5, 5.41) is 3.45. The van der Waals surface area contributed by atoms with Gasteiger partial charge < -0.3 is 14.4 Å². The molecule has 1 saturated carbocycles. The van der Waals surface area contributed by atoms with Gasteiger partial charge in [-0.05, 0) is 45.6 Å². The fourth-order valence-corrected chi connectivity index (χ4v) is 2.81. The molecule has 1 N–H and O–H groups in total. The highest BCUT2D eigenvalue weighted by Crippen LogP contribution is 2.25. The molecule has 1 saturated heterocycles. The number of carbonyl (C=O) groups excluding carboxylic acids is 1. The smallest absolute Gasteiger partial charge is 0.325 e. The Morgan fingerprint density at radius 3 is 2.90 bits per heavy atom. The summed E-state index contributed by atoms with van der Waals surface area (Å²) in [6, 6.07) is 0.505. The molecule has 2 aliphatic rings. The van der Waals surface area contributed by atoms with E-state index in [-0.39, 0.29) is 5.97 Å². The first kappa shape index (κ1) is 15.7. The average Bonchev–Trinajstić information content (AvgIpc) is 3.25. The van der Waals surface area contributed by atoms with Crippen LogP contribution in [0.3, 0.4) is 0 Å². The van der Waals surface area contributed by atoms with Crippen LogP contribution in [0, 0.1) is 0 Å². The summed E-state index contributed by atoms with van der Waals surface area (Å²) in [4.78, 5) is 14.4. The number of carbonyl (C=O) groups is 1. The molecule has 0 aromatic heterocycles. The van der Waals surface area contributed by atoms with Crippen LogP contribution in [0.4, 0.5) is 0 Å². The highest BCUT2D eigenvalue weighted by atomic mass is 16.5. The Morgan fingerprint density at radius 2 is 2.20 bits per heavy atom. The molecule has 116 valence electrons. The van der Waals surface area contributed by atoms with E-state index >= 15 is 0 Å². The van der Waals surface area contributed by atoms with Crippen molar-refractivity contribution in [2.75, 3.05) is 40.0 Å². The van der Waals surface area contributed by atoms with E-state index in [1.54, 1.807) is 0 Å². The standard InChI is InChI=1S/C15H28N2O3/c1-15(14(18)19-2,16-13-5-6-13)7-3-8-17-9-4-11-20-12-10-17/h13,16H,3-12H2,1-2H3. The zero-order valence-electron chi connectivity index (χ0n) is 12.8. The molecule has 5 nitrogen and oxygen atoms in total. The second-order valence-corrected chi connectivity index (χ2v) is 6.15. The normalized spacial score (nSPS) is 23.9. The first-order chi connectivity index (χ1) is 9.64. The third-order valence-corrected chi connectivity index (χ3v) is 4.20. The molecule has 0 amide bonds. The predicted molar refractivity (Wildman–Crippen MR) is 77.7 cm³/mol. The Hall–Kier alpha value is -0.650.